The first-order chi connectivity index (χ1) is 6.51. The molecule has 0 unspecified atom stereocenters. The highest BCUT2D eigenvalue weighted by atomic mass is 19.4. The van der Waals surface area contributed by atoms with E-state index < -0.39 is 6.36 Å². The first-order valence-electron chi connectivity index (χ1n) is 4.28. The van der Waals surface area contributed by atoms with Gasteiger partial charge in [0.25, 0.3) is 0 Å². The molecule has 1 radical (unpaired) electrons. The number of alkyl halides is 3. The second-order valence-electron chi connectivity index (χ2n) is 2.84. The Hall–Kier alpha value is -1.19. The molecule has 0 atom stereocenters. The highest BCUT2D eigenvalue weighted by Crippen LogP contribution is 2.22. The molecule has 0 amide bonds. The summed E-state index contributed by atoms with van der Waals surface area (Å²) in [5.41, 5.74) is 0.731. The number of rotatable bonds is 3. The highest BCUT2D eigenvalue weighted by Gasteiger charge is 2.31. The van der Waals surface area contributed by atoms with Crippen LogP contribution in [0.3, 0.4) is 0 Å². The quantitative estimate of drug-likeness (QED) is 0.732. The maximum absolute atomic E-state index is 11.8. The van der Waals surface area contributed by atoms with Crippen LogP contribution in [-0.2, 0) is 6.42 Å². The summed E-state index contributed by atoms with van der Waals surface area (Å²) in [4.78, 5) is 0. The first kappa shape index (κ1) is 10.9. The molecule has 1 aromatic rings. The van der Waals surface area contributed by atoms with Crippen molar-refractivity contribution in [2.45, 2.75) is 26.1 Å². The van der Waals surface area contributed by atoms with E-state index in [0.29, 0.717) is 6.42 Å². The fraction of sp³-hybridized carbons (Fsp3) is 0.400. The Kier molecular flexibility index (Phi) is 3.38. The van der Waals surface area contributed by atoms with E-state index in [0.717, 1.165) is 12.0 Å². The summed E-state index contributed by atoms with van der Waals surface area (Å²) in [6.45, 7) is 1.95. The minimum Gasteiger partial charge on any atom is -0.405 e. The van der Waals surface area contributed by atoms with Crippen molar-refractivity contribution in [2.75, 3.05) is 0 Å². The standard InChI is InChI=1S/C10H10F3O/c1-2-4-8-5-3-6-9(7-8)14-10(11,12)13/h3,5-6H,2,4H2,1H3. The van der Waals surface area contributed by atoms with Crippen LogP contribution in [-0.4, -0.2) is 6.36 Å². The monoisotopic (exact) mass is 203 g/mol. The fourth-order valence-electron chi connectivity index (χ4n) is 1.09. The van der Waals surface area contributed by atoms with Crippen LogP contribution in [0.1, 0.15) is 18.9 Å². The molecule has 0 N–H and O–H groups in total. The van der Waals surface area contributed by atoms with Crippen LogP contribution in [0.25, 0.3) is 0 Å². The predicted octanol–water partition coefficient (Wildman–Crippen LogP) is 3.34. The predicted molar refractivity (Wildman–Crippen MR) is 46.0 cm³/mol. The highest BCUT2D eigenvalue weighted by molar-refractivity contribution is 5.26. The minimum absolute atomic E-state index is 0.275. The molecule has 0 aliphatic rings. The molecule has 1 rings (SSSR count). The number of benzene rings is 1. The van der Waals surface area contributed by atoms with Crippen molar-refractivity contribution < 1.29 is 17.9 Å². The van der Waals surface area contributed by atoms with Crippen LogP contribution >= 0.6 is 0 Å². The molecule has 77 valence electrons. The van der Waals surface area contributed by atoms with Crippen molar-refractivity contribution in [3.63, 3.8) is 0 Å². The van der Waals surface area contributed by atoms with Crippen LogP contribution < -0.4 is 4.74 Å². The lowest BCUT2D eigenvalue weighted by molar-refractivity contribution is -0.274. The van der Waals surface area contributed by atoms with Crippen molar-refractivity contribution in [3.05, 3.63) is 29.8 Å². The molecule has 0 bridgehead atoms. The molecule has 1 aromatic carbocycles. The van der Waals surface area contributed by atoms with Crippen molar-refractivity contribution >= 4 is 0 Å². The summed E-state index contributed by atoms with van der Waals surface area (Å²) in [5, 5.41) is 0. The molecule has 14 heavy (non-hydrogen) atoms. The molecular formula is C10H10F3O. The van der Waals surface area contributed by atoms with Gasteiger partial charge in [-0.25, -0.2) is 0 Å². The second-order valence-corrected chi connectivity index (χ2v) is 2.84. The van der Waals surface area contributed by atoms with Gasteiger partial charge in [-0.3, -0.25) is 0 Å². The molecule has 4 heteroatoms. The van der Waals surface area contributed by atoms with Gasteiger partial charge in [0.15, 0.2) is 0 Å². The van der Waals surface area contributed by atoms with Gasteiger partial charge in [-0.1, -0.05) is 25.5 Å². The average molecular weight is 203 g/mol. The van der Waals surface area contributed by atoms with Gasteiger partial charge in [0.1, 0.15) is 5.75 Å². The Bertz CT molecular complexity index is 294. The van der Waals surface area contributed by atoms with Crippen molar-refractivity contribution in [3.8, 4) is 5.75 Å². The zero-order valence-electron chi connectivity index (χ0n) is 7.69. The van der Waals surface area contributed by atoms with Crippen molar-refractivity contribution in [1.29, 1.82) is 0 Å². The molecule has 0 saturated heterocycles. The Morgan fingerprint density at radius 3 is 2.64 bits per heavy atom. The summed E-state index contributed by atoms with van der Waals surface area (Å²) in [6.07, 6.45) is -3.07. The molecular weight excluding hydrogens is 193 g/mol. The third-order valence-electron chi connectivity index (χ3n) is 1.57. The van der Waals surface area contributed by atoms with Gasteiger partial charge < -0.3 is 4.74 Å². The van der Waals surface area contributed by atoms with E-state index in [1.54, 1.807) is 6.07 Å². The molecule has 0 aromatic heterocycles. The second kappa shape index (κ2) is 4.35. The molecule has 0 saturated carbocycles. The van der Waals surface area contributed by atoms with E-state index >= 15 is 0 Å². The number of halogens is 3. The molecule has 1 nitrogen and oxygen atoms in total. The van der Waals surface area contributed by atoms with Gasteiger partial charge >= 0.3 is 6.36 Å². The maximum Gasteiger partial charge on any atom is 0.573 e. The molecule has 0 spiro atoms. The summed E-state index contributed by atoms with van der Waals surface area (Å²) >= 11 is 0. The lowest BCUT2D eigenvalue weighted by Gasteiger charge is -2.08. The van der Waals surface area contributed by atoms with E-state index in [1.165, 1.54) is 12.1 Å². The fourth-order valence-corrected chi connectivity index (χ4v) is 1.09. The SMILES string of the molecule is CCCc1[c]c(OC(F)(F)F)ccc1. The Morgan fingerprint density at radius 2 is 2.07 bits per heavy atom. The van der Waals surface area contributed by atoms with Gasteiger partial charge in [-0.2, -0.15) is 0 Å². The van der Waals surface area contributed by atoms with Crippen LogP contribution in [0.15, 0.2) is 18.2 Å². The molecule has 0 aliphatic heterocycles. The van der Waals surface area contributed by atoms with Crippen molar-refractivity contribution in [1.82, 2.24) is 0 Å². The topological polar surface area (TPSA) is 9.23 Å². The Labute approximate surface area is 80.5 Å². The average Bonchev–Trinajstić information content (AvgIpc) is 2.02. The van der Waals surface area contributed by atoms with Gasteiger partial charge in [0, 0.05) is 6.07 Å². The number of hydrogen-bond donors (Lipinski definition) is 0. The van der Waals surface area contributed by atoms with Gasteiger partial charge in [0.2, 0.25) is 0 Å². The van der Waals surface area contributed by atoms with E-state index in [1.807, 2.05) is 6.92 Å². The van der Waals surface area contributed by atoms with Gasteiger partial charge in [0.05, 0.1) is 0 Å². The van der Waals surface area contributed by atoms with Gasteiger partial charge in [-0.05, 0) is 18.1 Å². The molecule has 0 fully saturated rings. The summed E-state index contributed by atoms with van der Waals surface area (Å²) in [5.74, 6) is -0.275. The summed E-state index contributed by atoms with van der Waals surface area (Å²) in [7, 11) is 0. The van der Waals surface area contributed by atoms with Gasteiger partial charge in [-0.15, -0.1) is 13.2 Å². The first-order valence-corrected chi connectivity index (χ1v) is 4.28. The summed E-state index contributed by atoms with van der Waals surface area (Å²) in [6, 6.07) is 7.06. The smallest absolute Gasteiger partial charge is 0.405 e. The lowest BCUT2D eigenvalue weighted by atomic mass is 10.1. The number of hydrogen-bond acceptors (Lipinski definition) is 1. The third kappa shape index (κ3) is 3.68. The molecule has 0 heterocycles. The Balaban J connectivity index is 2.73. The molecule has 0 aliphatic carbocycles. The van der Waals surface area contributed by atoms with E-state index in [2.05, 4.69) is 10.8 Å². The Morgan fingerprint density at radius 1 is 1.36 bits per heavy atom. The zero-order valence-corrected chi connectivity index (χ0v) is 7.69. The zero-order chi connectivity index (χ0) is 10.6. The summed E-state index contributed by atoms with van der Waals surface area (Å²) < 4.78 is 39.2. The van der Waals surface area contributed by atoms with Crippen LogP contribution in [0.2, 0.25) is 0 Å². The maximum atomic E-state index is 11.8. The minimum atomic E-state index is -4.64. The largest absolute Gasteiger partial charge is 0.573 e. The van der Waals surface area contributed by atoms with Crippen molar-refractivity contribution in [2.24, 2.45) is 0 Å². The normalized spacial score (nSPS) is 11.4. The van der Waals surface area contributed by atoms with Crippen LogP contribution in [0, 0.1) is 6.07 Å². The van der Waals surface area contributed by atoms with Crippen LogP contribution in [0.5, 0.6) is 5.75 Å². The van der Waals surface area contributed by atoms with Crippen LogP contribution in [0.4, 0.5) is 13.2 Å². The lowest BCUT2D eigenvalue weighted by Crippen LogP contribution is -2.17. The third-order valence-corrected chi connectivity index (χ3v) is 1.57. The van der Waals surface area contributed by atoms with E-state index in [4.69, 9.17) is 0 Å². The van der Waals surface area contributed by atoms with E-state index in [-0.39, 0.29) is 5.75 Å². The van der Waals surface area contributed by atoms with E-state index in [9.17, 15) is 13.2 Å². The number of ether oxygens (including phenoxy) is 1. The number of aryl methyl sites for hydroxylation is 1.